The summed E-state index contributed by atoms with van der Waals surface area (Å²) in [5, 5.41) is 6.66. The molecule has 0 amide bonds. The second-order valence-corrected chi connectivity index (χ2v) is 3.71. The van der Waals surface area contributed by atoms with E-state index in [4.69, 9.17) is 28.9 Å². The van der Waals surface area contributed by atoms with Crippen molar-refractivity contribution < 1.29 is 4.39 Å². The van der Waals surface area contributed by atoms with Gasteiger partial charge in [-0.1, -0.05) is 29.3 Å². The lowest BCUT2D eigenvalue weighted by atomic mass is 10.1. The van der Waals surface area contributed by atoms with Crippen molar-refractivity contribution in [1.82, 2.24) is 10.2 Å². The number of rotatable bonds is 1. The number of nitrogens with zero attached hydrogens (tertiary/aromatic N) is 1. The molecule has 0 spiro atoms. The number of hydrogen-bond donors (Lipinski definition) is 2. The second kappa shape index (κ2) is 3.72. The molecule has 78 valence electrons. The number of hydrogen-bond acceptors (Lipinski definition) is 2. The Labute approximate surface area is 95.0 Å². The third-order valence-electron chi connectivity index (χ3n) is 1.95. The number of halogens is 3. The van der Waals surface area contributed by atoms with Crippen LogP contribution in [-0.2, 0) is 0 Å². The van der Waals surface area contributed by atoms with Crippen LogP contribution in [0.4, 0.5) is 10.2 Å². The molecule has 3 N–H and O–H groups in total. The summed E-state index contributed by atoms with van der Waals surface area (Å²) in [7, 11) is 0. The van der Waals surface area contributed by atoms with Crippen LogP contribution in [0.5, 0.6) is 0 Å². The Morgan fingerprint density at radius 1 is 1.27 bits per heavy atom. The van der Waals surface area contributed by atoms with E-state index in [-0.39, 0.29) is 11.5 Å². The molecule has 0 aliphatic heterocycles. The molecule has 2 rings (SSSR count). The van der Waals surface area contributed by atoms with E-state index in [0.29, 0.717) is 15.6 Å². The molecule has 0 bridgehead atoms. The van der Waals surface area contributed by atoms with Gasteiger partial charge in [-0.05, 0) is 12.1 Å². The van der Waals surface area contributed by atoms with E-state index in [9.17, 15) is 4.39 Å². The summed E-state index contributed by atoms with van der Waals surface area (Å²) < 4.78 is 13.5. The largest absolute Gasteiger partial charge is 0.380 e. The van der Waals surface area contributed by atoms with Crippen LogP contribution in [-0.4, -0.2) is 10.2 Å². The maximum Gasteiger partial charge on any atom is 0.192 e. The quantitative estimate of drug-likeness (QED) is 0.812. The number of benzene rings is 1. The van der Waals surface area contributed by atoms with Crippen LogP contribution in [0.2, 0.25) is 10.0 Å². The standard InChI is InChI=1S/C9H6Cl2FN3/c10-4-2-1-3-5(11)6(4)8-7(12)9(13)15-14-8/h1-3H,(H3,13,14,15). The Hall–Kier alpha value is -1.26. The van der Waals surface area contributed by atoms with Gasteiger partial charge in [-0.2, -0.15) is 5.10 Å². The van der Waals surface area contributed by atoms with E-state index >= 15 is 0 Å². The van der Waals surface area contributed by atoms with Crippen LogP contribution < -0.4 is 5.73 Å². The molecule has 2 aromatic rings. The van der Waals surface area contributed by atoms with Crippen LogP contribution in [0.1, 0.15) is 0 Å². The number of nitrogens with two attached hydrogens (primary N) is 1. The fourth-order valence-corrected chi connectivity index (χ4v) is 1.83. The van der Waals surface area contributed by atoms with E-state index < -0.39 is 5.82 Å². The first-order chi connectivity index (χ1) is 7.11. The minimum absolute atomic E-state index is 0.100. The second-order valence-electron chi connectivity index (χ2n) is 2.89. The van der Waals surface area contributed by atoms with Crippen LogP contribution in [0.3, 0.4) is 0 Å². The van der Waals surface area contributed by atoms with Gasteiger partial charge in [0.25, 0.3) is 0 Å². The third kappa shape index (κ3) is 1.66. The molecular weight excluding hydrogens is 240 g/mol. The molecule has 0 saturated heterocycles. The number of aromatic nitrogens is 2. The molecule has 15 heavy (non-hydrogen) atoms. The molecule has 0 aliphatic carbocycles. The Balaban J connectivity index is 2.69. The first kappa shape index (κ1) is 10.3. The van der Waals surface area contributed by atoms with E-state index in [1.165, 1.54) is 0 Å². The van der Waals surface area contributed by atoms with Crippen molar-refractivity contribution in [3.8, 4) is 11.3 Å². The molecule has 1 aromatic heterocycles. The maximum atomic E-state index is 13.5. The van der Waals surface area contributed by atoms with Crippen LogP contribution >= 0.6 is 23.2 Å². The molecule has 1 heterocycles. The highest BCUT2D eigenvalue weighted by Crippen LogP contribution is 2.35. The summed E-state index contributed by atoms with van der Waals surface area (Å²) in [4.78, 5) is 0. The van der Waals surface area contributed by atoms with E-state index in [1.54, 1.807) is 18.2 Å². The highest BCUT2D eigenvalue weighted by molar-refractivity contribution is 6.39. The first-order valence-corrected chi connectivity index (χ1v) is 4.80. The van der Waals surface area contributed by atoms with Gasteiger partial charge in [-0.15, -0.1) is 0 Å². The van der Waals surface area contributed by atoms with Gasteiger partial charge in [-0.3, -0.25) is 5.10 Å². The van der Waals surface area contributed by atoms with Crippen molar-refractivity contribution in [3.63, 3.8) is 0 Å². The predicted octanol–water partition coefficient (Wildman–Crippen LogP) is 3.10. The lowest BCUT2D eigenvalue weighted by Crippen LogP contribution is -1.88. The number of aromatic amines is 1. The molecule has 0 radical (unpaired) electrons. The molecule has 0 fully saturated rings. The number of nitrogens with one attached hydrogen (secondary N) is 1. The molecule has 0 unspecified atom stereocenters. The molecule has 0 aliphatic rings. The minimum Gasteiger partial charge on any atom is -0.380 e. The Morgan fingerprint density at radius 3 is 2.33 bits per heavy atom. The van der Waals surface area contributed by atoms with Gasteiger partial charge in [0.1, 0.15) is 5.69 Å². The average Bonchev–Trinajstić information content (AvgIpc) is 2.49. The average molecular weight is 246 g/mol. The fraction of sp³-hybridized carbons (Fsp3) is 0. The maximum absolute atomic E-state index is 13.5. The van der Waals surface area contributed by atoms with Gasteiger partial charge in [0.05, 0.1) is 10.0 Å². The molecule has 1 aromatic carbocycles. The summed E-state index contributed by atoms with van der Waals surface area (Å²) in [6, 6.07) is 4.89. The van der Waals surface area contributed by atoms with E-state index in [2.05, 4.69) is 10.2 Å². The van der Waals surface area contributed by atoms with Gasteiger partial charge in [-0.25, -0.2) is 4.39 Å². The third-order valence-corrected chi connectivity index (χ3v) is 2.58. The predicted molar refractivity (Wildman–Crippen MR) is 58.4 cm³/mol. The van der Waals surface area contributed by atoms with Gasteiger partial charge in [0.2, 0.25) is 0 Å². The van der Waals surface area contributed by atoms with Crippen molar-refractivity contribution in [1.29, 1.82) is 0 Å². The summed E-state index contributed by atoms with van der Waals surface area (Å²) in [5.74, 6) is -0.856. The summed E-state index contributed by atoms with van der Waals surface area (Å²) in [5.41, 5.74) is 5.74. The summed E-state index contributed by atoms with van der Waals surface area (Å²) in [6.07, 6.45) is 0. The van der Waals surface area contributed by atoms with Crippen molar-refractivity contribution in [2.45, 2.75) is 0 Å². The van der Waals surface area contributed by atoms with Crippen molar-refractivity contribution in [3.05, 3.63) is 34.1 Å². The molecular formula is C9H6Cl2FN3. The van der Waals surface area contributed by atoms with Crippen molar-refractivity contribution in [2.75, 3.05) is 5.73 Å². The first-order valence-electron chi connectivity index (χ1n) is 4.05. The Kier molecular flexibility index (Phi) is 2.54. The number of anilines is 1. The van der Waals surface area contributed by atoms with Gasteiger partial charge in [0, 0.05) is 5.56 Å². The molecule has 0 atom stereocenters. The van der Waals surface area contributed by atoms with Crippen molar-refractivity contribution in [2.24, 2.45) is 0 Å². The fourth-order valence-electron chi connectivity index (χ4n) is 1.24. The summed E-state index contributed by atoms with van der Waals surface area (Å²) in [6.45, 7) is 0. The van der Waals surface area contributed by atoms with Gasteiger partial charge < -0.3 is 5.73 Å². The lowest BCUT2D eigenvalue weighted by Gasteiger charge is -2.03. The number of nitrogen functional groups attached to an aromatic ring is 1. The van der Waals surface area contributed by atoms with Crippen LogP contribution in [0.25, 0.3) is 11.3 Å². The normalized spacial score (nSPS) is 10.6. The van der Waals surface area contributed by atoms with Crippen molar-refractivity contribution >= 4 is 29.0 Å². The Morgan fingerprint density at radius 2 is 1.87 bits per heavy atom. The summed E-state index contributed by atoms with van der Waals surface area (Å²) >= 11 is 11.8. The zero-order valence-corrected chi connectivity index (χ0v) is 8.90. The SMILES string of the molecule is Nc1n[nH]c(-c2c(Cl)cccc2Cl)c1F. The van der Waals surface area contributed by atoms with E-state index in [1.807, 2.05) is 0 Å². The number of H-pyrrole nitrogens is 1. The zero-order valence-electron chi connectivity index (χ0n) is 7.39. The van der Waals surface area contributed by atoms with Crippen LogP contribution in [0.15, 0.2) is 18.2 Å². The molecule has 6 heteroatoms. The van der Waals surface area contributed by atoms with E-state index in [0.717, 1.165) is 0 Å². The Bertz CT molecular complexity index is 490. The molecule has 3 nitrogen and oxygen atoms in total. The van der Waals surface area contributed by atoms with Gasteiger partial charge >= 0.3 is 0 Å². The smallest absolute Gasteiger partial charge is 0.192 e. The monoisotopic (exact) mass is 245 g/mol. The lowest BCUT2D eigenvalue weighted by molar-refractivity contribution is 0.636. The topological polar surface area (TPSA) is 54.7 Å². The highest BCUT2D eigenvalue weighted by Gasteiger charge is 2.17. The van der Waals surface area contributed by atoms with Gasteiger partial charge in [0.15, 0.2) is 11.6 Å². The highest BCUT2D eigenvalue weighted by atomic mass is 35.5. The molecule has 0 saturated carbocycles. The zero-order chi connectivity index (χ0) is 11.0. The minimum atomic E-state index is -0.648. The van der Waals surface area contributed by atoms with Crippen LogP contribution in [0, 0.1) is 5.82 Å².